The van der Waals surface area contributed by atoms with Gasteiger partial charge in [0.15, 0.2) is 5.76 Å². The van der Waals surface area contributed by atoms with E-state index in [1.54, 1.807) is 12.1 Å². The number of benzene rings is 2. The number of furan rings is 1. The van der Waals surface area contributed by atoms with Gasteiger partial charge in [0.1, 0.15) is 0 Å². The smallest absolute Gasteiger partial charge is 0.287 e. The Bertz CT molecular complexity index is 1010. The Morgan fingerprint density at radius 3 is 2.67 bits per heavy atom. The first-order chi connectivity index (χ1) is 14.7. The summed E-state index contributed by atoms with van der Waals surface area (Å²) in [7, 11) is 0. The van der Waals surface area contributed by atoms with Crippen molar-refractivity contribution >= 4 is 16.7 Å². The van der Waals surface area contributed by atoms with E-state index in [0.29, 0.717) is 12.3 Å². The topological polar surface area (TPSA) is 54.7 Å². The van der Waals surface area contributed by atoms with Crippen molar-refractivity contribution in [3.8, 4) is 0 Å². The third-order valence-corrected chi connectivity index (χ3v) is 6.56. The quantitative estimate of drug-likeness (QED) is 0.686. The Morgan fingerprint density at radius 2 is 1.87 bits per heavy atom. The first kappa shape index (κ1) is 19.3. The van der Waals surface area contributed by atoms with E-state index in [-0.39, 0.29) is 17.6 Å². The summed E-state index contributed by atoms with van der Waals surface area (Å²) in [5, 5.41) is 5.54. The zero-order valence-corrected chi connectivity index (χ0v) is 17.2. The van der Waals surface area contributed by atoms with Crippen LogP contribution in [0, 0.1) is 0 Å². The lowest BCUT2D eigenvalue weighted by Crippen LogP contribution is -2.44. The maximum absolute atomic E-state index is 12.1. The second kappa shape index (κ2) is 8.25. The second-order valence-corrected chi connectivity index (χ2v) is 8.61. The minimum Gasteiger partial charge on any atom is -0.459 e. The van der Waals surface area contributed by atoms with Crippen LogP contribution in [0.4, 0.5) is 0 Å². The molecule has 2 aliphatic heterocycles. The van der Waals surface area contributed by atoms with Crippen molar-refractivity contribution < 1.29 is 13.9 Å². The van der Waals surface area contributed by atoms with Gasteiger partial charge in [-0.05, 0) is 60.2 Å². The standard InChI is InChI=1S/C25H28N2O3/c28-24(23-6-3-15-29-23)26-17-22-9-10-25(30-22)11-13-27(14-12-25)18-19-7-8-20-4-1-2-5-21(20)16-19/h1-8,15-16,22H,9-14,17-18H2,(H,26,28). The van der Waals surface area contributed by atoms with Gasteiger partial charge in [-0.25, -0.2) is 0 Å². The molecule has 0 saturated carbocycles. The zero-order valence-electron chi connectivity index (χ0n) is 17.2. The van der Waals surface area contributed by atoms with Crippen LogP contribution in [0.25, 0.3) is 10.8 Å². The molecule has 2 aromatic carbocycles. The molecule has 0 radical (unpaired) electrons. The van der Waals surface area contributed by atoms with Gasteiger partial charge in [0.25, 0.3) is 5.91 Å². The molecule has 0 bridgehead atoms. The van der Waals surface area contributed by atoms with Crippen LogP contribution in [0.3, 0.4) is 0 Å². The summed E-state index contributed by atoms with van der Waals surface area (Å²) in [6.45, 7) is 3.64. The number of piperidine rings is 1. The highest BCUT2D eigenvalue weighted by molar-refractivity contribution is 5.91. The summed E-state index contributed by atoms with van der Waals surface area (Å²) in [5.41, 5.74) is 1.36. The summed E-state index contributed by atoms with van der Waals surface area (Å²) >= 11 is 0. The molecule has 0 aliphatic carbocycles. The molecular formula is C25H28N2O3. The fourth-order valence-electron chi connectivity index (χ4n) is 4.82. The van der Waals surface area contributed by atoms with E-state index in [4.69, 9.17) is 9.15 Å². The lowest BCUT2D eigenvalue weighted by molar-refractivity contribution is -0.0764. The molecule has 2 fully saturated rings. The van der Waals surface area contributed by atoms with Crippen LogP contribution >= 0.6 is 0 Å². The molecule has 1 spiro atoms. The van der Waals surface area contributed by atoms with Crippen molar-refractivity contribution in [3.63, 3.8) is 0 Å². The van der Waals surface area contributed by atoms with E-state index < -0.39 is 0 Å². The van der Waals surface area contributed by atoms with Crippen molar-refractivity contribution in [3.05, 3.63) is 72.2 Å². The molecule has 2 aliphatic rings. The average molecular weight is 405 g/mol. The van der Waals surface area contributed by atoms with Gasteiger partial charge in [0.2, 0.25) is 0 Å². The van der Waals surface area contributed by atoms with Crippen LogP contribution in [0.5, 0.6) is 0 Å². The molecule has 1 aromatic heterocycles. The van der Waals surface area contributed by atoms with Crippen molar-refractivity contribution in [2.24, 2.45) is 0 Å². The Morgan fingerprint density at radius 1 is 1.03 bits per heavy atom. The maximum Gasteiger partial charge on any atom is 0.287 e. The lowest BCUT2D eigenvalue weighted by Gasteiger charge is -2.39. The molecule has 5 rings (SSSR count). The molecule has 30 heavy (non-hydrogen) atoms. The molecule has 1 amide bonds. The summed E-state index contributed by atoms with van der Waals surface area (Å²) < 4.78 is 11.6. The normalized spacial score (nSPS) is 21.3. The molecule has 1 atom stereocenters. The van der Waals surface area contributed by atoms with E-state index in [2.05, 4.69) is 52.7 Å². The number of amides is 1. The molecule has 3 aromatic rings. The van der Waals surface area contributed by atoms with Crippen LogP contribution in [-0.2, 0) is 11.3 Å². The average Bonchev–Trinajstić information content (AvgIpc) is 3.45. The maximum atomic E-state index is 12.1. The van der Waals surface area contributed by atoms with Crippen LogP contribution in [0.15, 0.2) is 65.3 Å². The zero-order chi connectivity index (χ0) is 20.4. The number of likely N-dealkylation sites (tertiary alicyclic amines) is 1. The molecular weight excluding hydrogens is 376 g/mol. The number of hydrogen-bond donors (Lipinski definition) is 1. The monoisotopic (exact) mass is 404 g/mol. The Kier molecular flexibility index (Phi) is 5.32. The van der Waals surface area contributed by atoms with E-state index in [1.807, 2.05) is 0 Å². The van der Waals surface area contributed by atoms with Gasteiger partial charge in [0.05, 0.1) is 18.0 Å². The number of nitrogens with one attached hydrogen (secondary N) is 1. The number of carbonyl (C=O) groups excluding carboxylic acids is 1. The first-order valence-electron chi connectivity index (χ1n) is 10.9. The minimum absolute atomic E-state index is 0.0139. The van der Waals surface area contributed by atoms with E-state index in [0.717, 1.165) is 45.3 Å². The van der Waals surface area contributed by atoms with Gasteiger partial charge >= 0.3 is 0 Å². The lowest BCUT2D eigenvalue weighted by atomic mass is 9.88. The van der Waals surface area contributed by atoms with Crippen LogP contribution in [-0.4, -0.2) is 42.1 Å². The highest BCUT2D eigenvalue weighted by Gasteiger charge is 2.42. The number of hydrogen-bond acceptors (Lipinski definition) is 4. The van der Waals surface area contributed by atoms with Gasteiger partial charge in [0, 0.05) is 26.2 Å². The Labute approximate surface area is 177 Å². The number of ether oxygens (including phenoxy) is 1. The molecule has 1 N–H and O–H groups in total. The number of fused-ring (bicyclic) bond motifs is 1. The van der Waals surface area contributed by atoms with E-state index >= 15 is 0 Å². The first-order valence-corrected chi connectivity index (χ1v) is 10.9. The molecule has 2 saturated heterocycles. The summed E-state index contributed by atoms with van der Waals surface area (Å²) in [4.78, 5) is 14.6. The van der Waals surface area contributed by atoms with Crippen molar-refractivity contribution in [1.82, 2.24) is 10.2 Å². The van der Waals surface area contributed by atoms with Crippen LogP contribution < -0.4 is 5.32 Å². The van der Waals surface area contributed by atoms with Gasteiger partial charge in [-0.2, -0.15) is 0 Å². The van der Waals surface area contributed by atoms with Gasteiger partial charge < -0.3 is 14.5 Å². The van der Waals surface area contributed by atoms with Crippen molar-refractivity contribution in [2.45, 2.75) is 43.9 Å². The van der Waals surface area contributed by atoms with Gasteiger partial charge in [-0.15, -0.1) is 0 Å². The van der Waals surface area contributed by atoms with Gasteiger partial charge in [-0.3, -0.25) is 9.69 Å². The SMILES string of the molecule is O=C(NCC1CCC2(CCN(Cc3ccc4ccccc4c3)CC2)O1)c1ccco1. The van der Waals surface area contributed by atoms with Crippen molar-refractivity contribution in [2.75, 3.05) is 19.6 Å². The highest BCUT2D eigenvalue weighted by atomic mass is 16.5. The third-order valence-electron chi connectivity index (χ3n) is 6.56. The molecule has 1 unspecified atom stereocenters. The number of nitrogens with zero attached hydrogens (tertiary/aromatic N) is 1. The molecule has 5 nitrogen and oxygen atoms in total. The predicted octanol–water partition coefficient (Wildman–Crippen LogP) is 4.38. The summed E-state index contributed by atoms with van der Waals surface area (Å²) in [5.74, 6) is 0.180. The Balaban J connectivity index is 1.11. The van der Waals surface area contributed by atoms with Gasteiger partial charge in [-0.1, -0.05) is 36.4 Å². The van der Waals surface area contributed by atoms with Crippen molar-refractivity contribution in [1.29, 1.82) is 0 Å². The van der Waals surface area contributed by atoms with E-state index in [9.17, 15) is 4.79 Å². The van der Waals surface area contributed by atoms with E-state index in [1.165, 1.54) is 22.6 Å². The molecule has 5 heteroatoms. The second-order valence-electron chi connectivity index (χ2n) is 8.61. The highest BCUT2D eigenvalue weighted by Crippen LogP contribution is 2.39. The third kappa shape index (κ3) is 4.13. The van der Waals surface area contributed by atoms with Crippen LogP contribution in [0.1, 0.15) is 41.8 Å². The summed E-state index contributed by atoms with van der Waals surface area (Å²) in [6, 6.07) is 18.7. The minimum atomic E-state index is -0.172. The largest absolute Gasteiger partial charge is 0.459 e. The Hall–Kier alpha value is -2.63. The predicted molar refractivity (Wildman–Crippen MR) is 116 cm³/mol. The van der Waals surface area contributed by atoms with Crippen LogP contribution in [0.2, 0.25) is 0 Å². The fraction of sp³-hybridized carbons (Fsp3) is 0.400. The number of carbonyl (C=O) groups is 1. The molecule has 3 heterocycles. The summed E-state index contributed by atoms with van der Waals surface area (Å²) in [6.07, 6.45) is 5.81. The fourth-order valence-corrected chi connectivity index (χ4v) is 4.82. The number of rotatable bonds is 5. The molecule has 156 valence electrons.